The fourth-order valence-corrected chi connectivity index (χ4v) is 2.23. The monoisotopic (exact) mass is 267 g/mol. The Morgan fingerprint density at radius 2 is 2.06 bits per heavy atom. The average molecular weight is 268 g/mol. The van der Waals surface area contributed by atoms with Crippen LogP contribution in [-0.4, -0.2) is 0 Å². The summed E-state index contributed by atoms with van der Waals surface area (Å²) in [6.07, 6.45) is 0. The lowest BCUT2D eigenvalue weighted by Gasteiger charge is -2.16. The molecule has 0 aliphatic heterocycles. The van der Waals surface area contributed by atoms with Crippen molar-refractivity contribution in [3.8, 4) is 0 Å². The maximum Gasteiger partial charge on any atom is 0.147 e. The molecule has 0 saturated carbocycles. The molecule has 0 aliphatic carbocycles. The molecule has 1 heterocycles. The highest BCUT2D eigenvalue weighted by Gasteiger charge is 2.15. The zero-order chi connectivity index (χ0) is 13.3. The van der Waals surface area contributed by atoms with Crippen molar-refractivity contribution in [2.75, 3.05) is 5.32 Å². The molecule has 96 valence electrons. The summed E-state index contributed by atoms with van der Waals surface area (Å²) in [6.45, 7) is 5.73. The van der Waals surface area contributed by atoms with E-state index in [9.17, 15) is 4.39 Å². The Bertz CT molecular complexity index is 545. The number of anilines is 1. The quantitative estimate of drug-likeness (QED) is 0.859. The summed E-state index contributed by atoms with van der Waals surface area (Å²) in [6, 6.07) is 6.50. The minimum Gasteiger partial charge on any atom is -0.466 e. The van der Waals surface area contributed by atoms with Gasteiger partial charge in [0.25, 0.3) is 0 Å². The molecule has 1 unspecified atom stereocenters. The van der Waals surface area contributed by atoms with Gasteiger partial charge in [-0.3, -0.25) is 0 Å². The summed E-state index contributed by atoms with van der Waals surface area (Å²) in [5.74, 6) is 1.32. The number of para-hydroxylation sites is 1. The van der Waals surface area contributed by atoms with Crippen LogP contribution in [0, 0.1) is 19.7 Å². The third kappa shape index (κ3) is 2.51. The van der Waals surface area contributed by atoms with Crippen LogP contribution in [0.2, 0.25) is 5.02 Å². The molecule has 2 rings (SSSR count). The second-order valence-electron chi connectivity index (χ2n) is 4.33. The molecule has 4 heteroatoms. The fraction of sp³-hybridized carbons (Fsp3) is 0.286. The second kappa shape index (κ2) is 5.02. The van der Waals surface area contributed by atoms with E-state index in [4.69, 9.17) is 16.0 Å². The maximum absolute atomic E-state index is 13.7. The maximum atomic E-state index is 13.7. The van der Waals surface area contributed by atoms with Crippen molar-refractivity contribution in [1.82, 2.24) is 0 Å². The summed E-state index contributed by atoms with van der Waals surface area (Å²) in [5.41, 5.74) is 1.33. The smallest absolute Gasteiger partial charge is 0.147 e. The van der Waals surface area contributed by atoms with Crippen LogP contribution in [0.4, 0.5) is 10.1 Å². The molecule has 0 saturated heterocycles. The topological polar surface area (TPSA) is 25.2 Å². The van der Waals surface area contributed by atoms with E-state index >= 15 is 0 Å². The number of nitrogens with one attached hydrogen (secondary N) is 1. The molecule has 2 nitrogen and oxygen atoms in total. The van der Waals surface area contributed by atoms with Gasteiger partial charge < -0.3 is 9.73 Å². The molecule has 0 amide bonds. The van der Waals surface area contributed by atoms with E-state index in [2.05, 4.69) is 5.32 Å². The summed E-state index contributed by atoms with van der Waals surface area (Å²) < 4.78 is 19.1. The van der Waals surface area contributed by atoms with Crippen LogP contribution in [0.15, 0.2) is 28.7 Å². The number of furan rings is 1. The first-order valence-electron chi connectivity index (χ1n) is 5.76. The minimum atomic E-state index is -0.354. The van der Waals surface area contributed by atoms with Crippen molar-refractivity contribution < 1.29 is 8.81 Å². The van der Waals surface area contributed by atoms with Crippen molar-refractivity contribution in [3.63, 3.8) is 0 Å². The molecule has 0 aliphatic rings. The van der Waals surface area contributed by atoms with E-state index in [0.29, 0.717) is 10.7 Å². The highest BCUT2D eigenvalue weighted by molar-refractivity contribution is 6.33. The Labute approximate surface area is 111 Å². The molecule has 1 atom stereocenters. The first-order valence-corrected chi connectivity index (χ1v) is 6.14. The highest BCUT2D eigenvalue weighted by Crippen LogP contribution is 2.30. The van der Waals surface area contributed by atoms with Gasteiger partial charge in [0.05, 0.1) is 16.8 Å². The first-order chi connectivity index (χ1) is 8.49. The lowest BCUT2D eigenvalue weighted by molar-refractivity contribution is 0.499. The molecule has 0 fully saturated rings. The summed E-state index contributed by atoms with van der Waals surface area (Å²) in [4.78, 5) is 0. The van der Waals surface area contributed by atoms with Crippen molar-refractivity contribution in [2.45, 2.75) is 26.8 Å². The number of benzene rings is 1. The van der Waals surface area contributed by atoms with Gasteiger partial charge in [0.15, 0.2) is 0 Å². The Morgan fingerprint density at radius 3 is 2.61 bits per heavy atom. The van der Waals surface area contributed by atoms with Crippen molar-refractivity contribution in [2.24, 2.45) is 0 Å². The molecular formula is C14H15ClFNO. The van der Waals surface area contributed by atoms with Crippen LogP contribution in [0.1, 0.15) is 30.0 Å². The fourth-order valence-electron chi connectivity index (χ4n) is 2.01. The third-order valence-corrected chi connectivity index (χ3v) is 3.18. The van der Waals surface area contributed by atoms with E-state index in [1.807, 2.05) is 26.8 Å². The van der Waals surface area contributed by atoms with Gasteiger partial charge in [0, 0.05) is 5.56 Å². The molecule has 0 radical (unpaired) electrons. The molecular weight excluding hydrogens is 253 g/mol. The van der Waals surface area contributed by atoms with Crippen molar-refractivity contribution >= 4 is 17.3 Å². The van der Waals surface area contributed by atoms with E-state index in [1.54, 1.807) is 12.1 Å². The zero-order valence-corrected chi connectivity index (χ0v) is 11.3. The van der Waals surface area contributed by atoms with Crippen molar-refractivity contribution in [1.29, 1.82) is 0 Å². The third-order valence-electron chi connectivity index (χ3n) is 2.87. The second-order valence-corrected chi connectivity index (χ2v) is 4.74. The van der Waals surface area contributed by atoms with E-state index in [0.717, 1.165) is 17.1 Å². The Hall–Kier alpha value is -1.48. The molecule has 1 N–H and O–H groups in total. The number of hydrogen-bond donors (Lipinski definition) is 1. The molecule has 0 spiro atoms. The first kappa shape index (κ1) is 13.0. The van der Waals surface area contributed by atoms with Gasteiger partial charge in [0.1, 0.15) is 17.3 Å². The van der Waals surface area contributed by atoms with Gasteiger partial charge in [-0.05, 0) is 39.0 Å². The number of hydrogen-bond acceptors (Lipinski definition) is 2. The van der Waals surface area contributed by atoms with Crippen LogP contribution in [0.3, 0.4) is 0 Å². The van der Waals surface area contributed by atoms with E-state index in [-0.39, 0.29) is 11.9 Å². The molecule has 0 bridgehead atoms. The molecule has 2 aromatic rings. The van der Waals surface area contributed by atoms with Crippen LogP contribution in [-0.2, 0) is 0 Å². The molecule has 18 heavy (non-hydrogen) atoms. The zero-order valence-electron chi connectivity index (χ0n) is 10.6. The number of rotatable bonds is 3. The standard InChI is InChI=1S/C14H15ClFNO/c1-8-7-11(10(3)18-8)9(2)17-14-12(15)5-4-6-13(14)16/h4-7,9,17H,1-3H3. The van der Waals surface area contributed by atoms with Gasteiger partial charge in [-0.1, -0.05) is 17.7 Å². The SMILES string of the molecule is Cc1cc(C(C)Nc2c(F)cccc2Cl)c(C)o1. The van der Waals surface area contributed by atoms with Crippen LogP contribution in [0.25, 0.3) is 0 Å². The van der Waals surface area contributed by atoms with Crippen LogP contribution < -0.4 is 5.32 Å². The van der Waals surface area contributed by atoms with Gasteiger partial charge in [-0.2, -0.15) is 0 Å². The molecule has 1 aromatic carbocycles. The van der Waals surface area contributed by atoms with Crippen LogP contribution in [0.5, 0.6) is 0 Å². The predicted octanol–water partition coefficient (Wildman–Crippen LogP) is 4.86. The highest BCUT2D eigenvalue weighted by atomic mass is 35.5. The van der Waals surface area contributed by atoms with Crippen LogP contribution >= 0.6 is 11.6 Å². The minimum absolute atomic E-state index is 0.0724. The predicted molar refractivity (Wildman–Crippen MR) is 71.6 cm³/mol. The largest absolute Gasteiger partial charge is 0.466 e. The van der Waals surface area contributed by atoms with Gasteiger partial charge in [0.2, 0.25) is 0 Å². The summed E-state index contributed by atoms with van der Waals surface area (Å²) in [7, 11) is 0. The number of halogens is 2. The molecule has 1 aromatic heterocycles. The number of aryl methyl sites for hydroxylation is 2. The Kier molecular flexibility index (Phi) is 3.62. The normalized spacial score (nSPS) is 12.5. The average Bonchev–Trinajstić information content (AvgIpc) is 2.63. The van der Waals surface area contributed by atoms with E-state index < -0.39 is 0 Å². The lowest BCUT2D eigenvalue weighted by Crippen LogP contribution is -2.08. The Balaban J connectivity index is 2.26. The van der Waals surface area contributed by atoms with Crippen molar-refractivity contribution in [3.05, 3.63) is 52.2 Å². The summed E-state index contributed by atoms with van der Waals surface area (Å²) >= 11 is 5.98. The Morgan fingerprint density at radius 1 is 1.33 bits per heavy atom. The summed E-state index contributed by atoms with van der Waals surface area (Å²) in [5, 5.41) is 3.46. The van der Waals surface area contributed by atoms with Gasteiger partial charge in [-0.25, -0.2) is 4.39 Å². The van der Waals surface area contributed by atoms with Gasteiger partial charge >= 0.3 is 0 Å². The van der Waals surface area contributed by atoms with Gasteiger partial charge in [-0.15, -0.1) is 0 Å². The van der Waals surface area contributed by atoms with E-state index in [1.165, 1.54) is 6.07 Å². The lowest BCUT2D eigenvalue weighted by atomic mass is 10.1.